The molecule has 18 heteroatoms. The number of nitro benzene ring substituents is 2. The van der Waals surface area contributed by atoms with Gasteiger partial charge in [-0.2, -0.15) is 0 Å². The molecule has 0 aromatic heterocycles. The summed E-state index contributed by atoms with van der Waals surface area (Å²) in [6.07, 6.45) is 0. The Morgan fingerprint density at radius 1 is 0.658 bits per heavy atom. The van der Waals surface area contributed by atoms with E-state index in [-0.39, 0.29) is 17.7 Å². The van der Waals surface area contributed by atoms with Crippen molar-refractivity contribution in [1.82, 2.24) is 0 Å². The first kappa shape index (κ1) is 31.1. The van der Waals surface area contributed by atoms with Gasteiger partial charge in [0.1, 0.15) is 0 Å². The molecule has 0 fully saturated rings. The van der Waals surface area contributed by atoms with Crippen LogP contribution in [0.4, 0.5) is 42.5 Å². The van der Waals surface area contributed by atoms with Crippen LogP contribution in [0.2, 0.25) is 0 Å². The van der Waals surface area contributed by atoms with Crippen LogP contribution in [-0.4, -0.2) is 9.85 Å². The highest BCUT2D eigenvalue weighted by Crippen LogP contribution is 3.04. The van der Waals surface area contributed by atoms with E-state index in [4.69, 9.17) is 11.6 Å². The van der Waals surface area contributed by atoms with Gasteiger partial charge < -0.3 is 0 Å². The third kappa shape index (κ3) is 8.21. The molecular weight excluding hydrogens is 619 g/mol. The van der Waals surface area contributed by atoms with Crippen LogP contribution in [0.1, 0.15) is 5.56 Å². The van der Waals surface area contributed by atoms with E-state index >= 15 is 0 Å². The van der Waals surface area contributed by atoms with Crippen LogP contribution in [0.25, 0.3) is 5.03 Å². The second-order valence-electron chi connectivity index (χ2n) is 7.44. The molecule has 3 aromatic rings. The van der Waals surface area contributed by atoms with E-state index < -0.39 is 60.3 Å². The Kier molecular flexibility index (Phi) is 7.15. The normalized spacial score (nSPS) is 16.0. The Morgan fingerprint density at radius 3 is 1.37 bits per heavy atom. The summed E-state index contributed by atoms with van der Waals surface area (Å²) in [4.78, 5) is 15.5. The minimum absolute atomic E-state index is 0.00618. The first-order valence-electron chi connectivity index (χ1n) is 9.49. The van der Waals surface area contributed by atoms with E-state index in [1.54, 1.807) is 6.07 Å². The Morgan fingerprint density at radius 2 is 1.03 bits per heavy atom. The van der Waals surface area contributed by atoms with Gasteiger partial charge in [0.2, 0.25) is 9.84 Å². The van der Waals surface area contributed by atoms with Gasteiger partial charge in [-0.3, -0.25) is 20.2 Å². The molecular formula is C20H14Cl2F8N2O4S2. The summed E-state index contributed by atoms with van der Waals surface area (Å²) in [5.74, 6) is 0. The fraction of sp³-hybridized carbons (Fsp3) is 0. The predicted molar refractivity (Wildman–Crippen MR) is 133 cm³/mol. The molecule has 0 saturated carbocycles. The SMILES string of the molecule is O=[N+]([O-])c1ccc(S(F)(F)(F)(F)/C=C(/Cl)c2ccccc2)cc1.O=[N+]([O-])c1ccc(S(F)(F)(F)(F)Cl)cc1. The zero-order valence-electron chi connectivity index (χ0n) is 18.2. The van der Waals surface area contributed by atoms with E-state index in [1.807, 2.05) is 0 Å². The Balaban J connectivity index is 0.000000293. The van der Waals surface area contributed by atoms with Crippen LogP contribution in [0.3, 0.4) is 0 Å². The highest BCUT2D eigenvalue weighted by molar-refractivity contribution is 8.65. The predicted octanol–water partition coefficient (Wildman–Crippen LogP) is 11.1. The Hall–Kier alpha value is -3.08. The monoisotopic (exact) mass is 632 g/mol. The van der Waals surface area contributed by atoms with Crippen molar-refractivity contribution in [3.05, 3.63) is 110 Å². The van der Waals surface area contributed by atoms with Crippen molar-refractivity contribution in [2.24, 2.45) is 0 Å². The topological polar surface area (TPSA) is 86.3 Å². The molecule has 0 heterocycles. The lowest BCUT2D eigenvalue weighted by molar-refractivity contribution is -0.385. The molecule has 3 rings (SSSR count). The largest absolute Gasteiger partial charge is 0.269 e. The highest BCUT2D eigenvalue weighted by Gasteiger charge is 2.63. The van der Waals surface area contributed by atoms with E-state index in [0.717, 1.165) is 0 Å². The van der Waals surface area contributed by atoms with Gasteiger partial charge in [0.05, 0.1) is 30.1 Å². The number of benzene rings is 3. The summed E-state index contributed by atoms with van der Waals surface area (Å²) < 4.78 is 107. The molecule has 38 heavy (non-hydrogen) atoms. The van der Waals surface area contributed by atoms with Gasteiger partial charge in [0.25, 0.3) is 20.4 Å². The van der Waals surface area contributed by atoms with Crippen molar-refractivity contribution in [2.75, 3.05) is 0 Å². The lowest BCUT2D eigenvalue weighted by Gasteiger charge is -2.47. The highest BCUT2D eigenvalue weighted by atomic mass is 35.7. The van der Waals surface area contributed by atoms with Gasteiger partial charge in [0, 0.05) is 34.9 Å². The number of nitrogens with zero attached hydrogens (tertiary/aromatic N) is 2. The summed E-state index contributed by atoms with van der Waals surface area (Å²) in [7, 11) is -13.6. The molecule has 3 aromatic carbocycles. The van der Waals surface area contributed by atoms with Crippen molar-refractivity contribution in [3.63, 3.8) is 0 Å². The number of nitro groups is 2. The fourth-order valence-electron chi connectivity index (χ4n) is 2.62. The number of non-ortho nitro benzene ring substituents is 2. The molecule has 0 saturated heterocycles. The lowest BCUT2D eigenvalue weighted by Crippen LogP contribution is -2.10. The van der Waals surface area contributed by atoms with Crippen LogP contribution >= 0.6 is 41.2 Å². The fourth-order valence-corrected chi connectivity index (χ4v) is 5.63. The Labute approximate surface area is 218 Å². The maximum absolute atomic E-state index is 14.3. The molecule has 0 aliphatic heterocycles. The third-order valence-corrected chi connectivity index (χ3v) is 8.54. The molecule has 0 aliphatic rings. The lowest BCUT2D eigenvalue weighted by atomic mass is 10.2. The number of hydrogen-bond donors (Lipinski definition) is 0. The van der Waals surface area contributed by atoms with Gasteiger partial charge in [-0.25, -0.2) is 0 Å². The van der Waals surface area contributed by atoms with Crippen molar-refractivity contribution < 1.29 is 40.9 Å². The number of halogens is 10. The summed E-state index contributed by atoms with van der Waals surface area (Å²) in [5, 5.41) is 19.3. The van der Waals surface area contributed by atoms with Crippen LogP contribution in [-0.2, 0) is 0 Å². The summed E-state index contributed by atoms with van der Waals surface area (Å²) in [5.41, 5.74) is -1.13. The summed E-state index contributed by atoms with van der Waals surface area (Å²) >= 11 is 5.62. The minimum atomic E-state index is -8.83. The standard InChI is InChI=1S/C14H10ClF4NO2S.C6H4ClF4NO2S/c15-14(11-4-2-1-3-5-11)10-23(16,17,18,19)13-8-6-12(7-9-13)20(21)22;7-15(8,9,10,11)6-3-1-5(2-4-6)12(13)14/h1-10H;1-4H/b14-10+;. The molecule has 0 radical (unpaired) electrons. The maximum atomic E-state index is 14.3. The third-order valence-electron chi connectivity index (χ3n) is 4.42. The zero-order chi connectivity index (χ0) is 29.3. The second kappa shape index (κ2) is 8.72. The summed E-state index contributed by atoms with van der Waals surface area (Å²) in [6, 6.07) is 10.5. The first-order valence-corrected chi connectivity index (χ1v) is 14.9. The molecule has 6 nitrogen and oxygen atoms in total. The molecule has 0 bridgehead atoms. The van der Waals surface area contributed by atoms with Crippen molar-refractivity contribution in [3.8, 4) is 0 Å². The zero-order valence-corrected chi connectivity index (χ0v) is 21.4. The van der Waals surface area contributed by atoms with Gasteiger partial charge in [0.15, 0.2) is 0 Å². The molecule has 0 amide bonds. The minimum Gasteiger partial charge on any atom is -0.258 e. The van der Waals surface area contributed by atoms with E-state index in [0.29, 0.717) is 36.4 Å². The summed E-state index contributed by atoms with van der Waals surface area (Å²) in [6.45, 7) is 0. The van der Waals surface area contributed by atoms with Crippen molar-refractivity contribution in [1.29, 1.82) is 0 Å². The van der Waals surface area contributed by atoms with Gasteiger partial charge in [-0.1, -0.05) is 41.9 Å². The molecule has 0 unspecified atom stereocenters. The van der Waals surface area contributed by atoms with E-state index in [1.165, 1.54) is 24.3 Å². The second-order valence-corrected chi connectivity index (χ2v) is 15.1. The molecule has 0 atom stereocenters. The number of hydrogen-bond acceptors (Lipinski definition) is 4. The quantitative estimate of drug-likeness (QED) is 0.154. The van der Waals surface area contributed by atoms with Gasteiger partial charge >= 0.3 is 0 Å². The first-order chi connectivity index (χ1) is 16.8. The molecule has 0 spiro atoms. The van der Waals surface area contributed by atoms with Crippen LogP contribution in [0.15, 0.2) is 94.1 Å². The number of rotatable bonds is 6. The van der Waals surface area contributed by atoms with Gasteiger partial charge in [-0.05, 0) is 29.8 Å². The average Bonchev–Trinajstić information content (AvgIpc) is 2.78. The van der Waals surface area contributed by atoms with E-state index in [9.17, 15) is 51.3 Å². The van der Waals surface area contributed by atoms with Gasteiger partial charge in [-0.15, -0.1) is 31.1 Å². The molecule has 210 valence electrons. The van der Waals surface area contributed by atoms with Crippen LogP contribution < -0.4 is 0 Å². The molecule has 0 N–H and O–H groups in total. The smallest absolute Gasteiger partial charge is 0.258 e. The molecule has 0 aliphatic carbocycles. The van der Waals surface area contributed by atoms with Crippen molar-refractivity contribution >= 4 is 57.6 Å². The van der Waals surface area contributed by atoms with E-state index in [2.05, 4.69) is 10.7 Å². The maximum Gasteiger partial charge on any atom is 0.269 e. The Bertz CT molecular complexity index is 1420. The average molecular weight is 633 g/mol. The van der Waals surface area contributed by atoms with Crippen LogP contribution in [0.5, 0.6) is 0 Å². The van der Waals surface area contributed by atoms with Crippen molar-refractivity contribution in [2.45, 2.75) is 9.79 Å². The van der Waals surface area contributed by atoms with Crippen LogP contribution in [0, 0.1) is 20.2 Å².